The van der Waals surface area contributed by atoms with Crippen molar-refractivity contribution < 1.29 is 12.8 Å². The monoisotopic (exact) mass is 373 g/mol. The molecule has 0 N–H and O–H groups in total. The van der Waals surface area contributed by atoms with E-state index < -0.39 is 15.8 Å². The Morgan fingerprint density at radius 1 is 1.08 bits per heavy atom. The predicted molar refractivity (Wildman–Crippen MR) is 98.0 cm³/mol. The van der Waals surface area contributed by atoms with Gasteiger partial charge in [-0.2, -0.15) is 4.31 Å². The van der Waals surface area contributed by atoms with Gasteiger partial charge < -0.3 is 4.57 Å². The summed E-state index contributed by atoms with van der Waals surface area (Å²) in [5.74, 6) is 0.450. The molecule has 0 aliphatic carbocycles. The van der Waals surface area contributed by atoms with Gasteiger partial charge in [-0.05, 0) is 24.3 Å². The molecular weight excluding hydrogens is 353 g/mol. The number of hydrogen-bond donors (Lipinski definition) is 0. The van der Waals surface area contributed by atoms with Gasteiger partial charge in [-0.25, -0.2) is 17.8 Å². The third-order valence-electron chi connectivity index (χ3n) is 4.79. The van der Waals surface area contributed by atoms with Gasteiger partial charge in [0.1, 0.15) is 16.5 Å². The third-order valence-corrected chi connectivity index (χ3v) is 6.65. The highest BCUT2D eigenvalue weighted by Crippen LogP contribution is 2.34. The van der Waals surface area contributed by atoms with Gasteiger partial charge >= 0.3 is 0 Å². The van der Waals surface area contributed by atoms with Gasteiger partial charge in [0, 0.05) is 19.0 Å². The summed E-state index contributed by atoms with van der Waals surface area (Å²) in [6, 6.07) is 13.4. The van der Waals surface area contributed by atoms with E-state index in [1.165, 1.54) is 28.6 Å². The van der Waals surface area contributed by atoms with Crippen LogP contribution in [0.5, 0.6) is 0 Å². The fourth-order valence-electron chi connectivity index (χ4n) is 3.42. The smallest absolute Gasteiger partial charge is 0.246 e. The fraction of sp³-hybridized carbons (Fsp3) is 0.316. The molecule has 1 aliphatic heterocycles. The third kappa shape index (κ3) is 2.62. The van der Waals surface area contributed by atoms with Gasteiger partial charge in [-0.3, -0.25) is 0 Å². The van der Waals surface area contributed by atoms with Gasteiger partial charge in [0.25, 0.3) is 0 Å². The van der Waals surface area contributed by atoms with Crippen LogP contribution >= 0.6 is 0 Å². The Kier molecular flexibility index (Phi) is 4.08. The average molecular weight is 373 g/mol. The van der Waals surface area contributed by atoms with E-state index >= 15 is 0 Å². The van der Waals surface area contributed by atoms with E-state index in [9.17, 15) is 12.8 Å². The van der Waals surface area contributed by atoms with E-state index in [-0.39, 0.29) is 16.9 Å². The van der Waals surface area contributed by atoms with E-state index in [2.05, 4.69) is 18.4 Å². The van der Waals surface area contributed by atoms with Crippen molar-refractivity contribution in [1.82, 2.24) is 13.9 Å². The van der Waals surface area contributed by atoms with E-state index in [1.807, 2.05) is 24.3 Å². The molecule has 5 nitrogen and oxygen atoms in total. The summed E-state index contributed by atoms with van der Waals surface area (Å²) in [6.07, 6.45) is 0. The lowest BCUT2D eigenvalue weighted by atomic mass is 10.1. The molecule has 1 aromatic heterocycles. The Balaban J connectivity index is 1.66. The molecule has 0 atom stereocenters. The predicted octanol–water partition coefficient (Wildman–Crippen LogP) is 3.54. The largest absolute Gasteiger partial charge is 0.322 e. The molecule has 7 heteroatoms. The van der Waals surface area contributed by atoms with Gasteiger partial charge in [0.15, 0.2) is 0 Å². The van der Waals surface area contributed by atoms with E-state index in [4.69, 9.17) is 4.98 Å². The number of halogens is 1. The number of fused-ring (bicyclic) bond motifs is 1. The van der Waals surface area contributed by atoms with Gasteiger partial charge in [-0.15, -0.1) is 0 Å². The first kappa shape index (κ1) is 17.2. The number of sulfonamides is 1. The standard InChI is InChI=1S/C19H20FN3O2S/c1-13(2)19-21-16-8-4-5-9-17(16)23(19)14-11-22(12-14)26(24,25)18-10-6-3-7-15(18)20/h3-10,13-14H,11-12H2,1-2H3. The van der Waals surface area contributed by atoms with Crippen LogP contribution in [-0.4, -0.2) is 35.4 Å². The maximum atomic E-state index is 13.9. The molecule has 2 aromatic carbocycles. The van der Waals surface area contributed by atoms with Gasteiger partial charge in [0.05, 0.1) is 17.1 Å². The molecule has 0 saturated carbocycles. The van der Waals surface area contributed by atoms with Crippen LogP contribution in [0.1, 0.15) is 31.6 Å². The zero-order chi connectivity index (χ0) is 18.5. The molecule has 3 aromatic rings. The molecule has 1 saturated heterocycles. The van der Waals surface area contributed by atoms with E-state index in [0.29, 0.717) is 13.1 Å². The van der Waals surface area contributed by atoms with Crippen LogP contribution in [0, 0.1) is 5.82 Å². The summed E-state index contributed by atoms with van der Waals surface area (Å²) < 4.78 is 42.8. The van der Waals surface area contributed by atoms with Crippen molar-refractivity contribution in [3.63, 3.8) is 0 Å². The highest BCUT2D eigenvalue weighted by molar-refractivity contribution is 7.89. The second kappa shape index (κ2) is 6.17. The zero-order valence-electron chi connectivity index (χ0n) is 14.6. The Morgan fingerprint density at radius 3 is 2.42 bits per heavy atom. The molecule has 0 radical (unpaired) electrons. The van der Waals surface area contributed by atoms with Crippen molar-refractivity contribution >= 4 is 21.1 Å². The highest BCUT2D eigenvalue weighted by atomic mass is 32.2. The Hall–Kier alpha value is -2.25. The van der Waals surface area contributed by atoms with Crippen molar-refractivity contribution in [3.05, 3.63) is 60.2 Å². The molecule has 1 aliphatic rings. The van der Waals surface area contributed by atoms with E-state index in [1.54, 1.807) is 0 Å². The molecule has 0 bridgehead atoms. The summed E-state index contributed by atoms with van der Waals surface area (Å²) in [5.41, 5.74) is 1.91. The number of rotatable bonds is 4. The molecule has 4 rings (SSSR count). The number of imidazole rings is 1. The number of para-hydroxylation sites is 2. The molecule has 1 fully saturated rings. The Morgan fingerprint density at radius 2 is 1.73 bits per heavy atom. The zero-order valence-corrected chi connectivity index (χ0v) is 15.4. The number of benzene rings is 2. The molecule has 0 spiro atoms. The molecule has 0 amide bonds. The molecule has 0 unspecified atom stereocenters. The summed E-state index contributed by atoms with van der Waals surface area (Å²) in [5, 5.41) is 0. The lowest BCUT2D eigenvalue weighted by Crippen LogP contribution is -2.51. The molecule has 26 heavy (non-hydrogen) atoms. The number of hydrogen-bond acceptors (Lipinski definition) is 3. The van der Waals surface area contributed by atoms with Crippen LogP contribution < -0.4 is 0 Å². The molecular formula is C19H20FN3O2S. The first-order valence-corrected chi connectivity index (χ1v) is 10.0. The summed E-state index contributed by atoms with van der Waals surface area (Å²) in [6.45, 7) is 4.78. The van der Waals surface area contributed by atoms with E-state index in [0.717, 1.165) is 16.9 Å². The maximum absolute atomic E-state index is 13.9. The fourth-order valence-corrected chi connectivity index (χ4v) is 5.00. The van der Waals surface area contributed by atoms with Crippen LogP contribution in [-0.2, 0) is 10.0 Å². The van der Waals surface area contributed by atoms with Crippen molar-refractivity contribution in [3.8, 4) is 0 Å². The summed E-state index contributed by atoms with van der Waals surface area (Å²) in [7, 11) is -3.82. The van der Waals surface area contributed by atoms with Gasteiger partial charge in [0.2, 0.25) is 10.0 Å². The minimum atomic E-state index is -3.82. The topological polar surface area (TPSA) is 55.2 Å². The Labute approximate surface area is 152 Å². The summed E-state index contributed by atoms with van der Waals surface area (Å²) in [4.78, 5) is 4.44. The van der Waals surface area contributed by atoms with Crippen LogP contribution in [0.4, 0.5) is 4.39 Å². The number of aromatic nitrogens is 2. The average Bonchev–Trinajstić information content (AvgIpc) is 2.93. The number of nitrogens with zero attached hydrogens (tertiary/aromatic N) is 3. The minimum absolute atomic E-state index is 0.00125. The lowest BCUT2D eigenvalue weighted by Gasteiger charge is -2.40. The van der Waals surface area contributed by atoms with Crippen LogP contribution in [0.25, 0.3) is 11.0 Å². The second-order valence-electron chi connectivity index (χ2n) is 6.89. The molecule has 136 valence electrons. The van der Waals surface area contributed by atoms with Crippen LogP contribution in [0.3, 0.4) is 0 Å². The lowest BCUT2D eigenvalue weighted by molar-refractivity contribution is 0.203. The van der Waals surface area contributed by atoms with Crippen LogP contribution in [0.15, 0.2) is 53.4 Å². The second-order valence-corrected chi connectivity index (χ2v) is 8.80. The normalized spacial score (nSPS) is 16.3. The maximum Gasteiger partial charge on any atom is 0.246 e. The summed E-state index contributed by atoms with van der Waals surface area (Å²) >= 11 is 0. The van der Waals surface area contributed by atoms with Crippen molar-refractivity contribution in [2.45, 2.75) is 30.7 Å². The van der Waals surface area contributed by atoms with Crippen LogP contribution in [0.2, 0.25) is 0 Å². The minimum Gasteiger partial charge on any atom is -0.322 e. The first-order valence-electron chi connectivity index (χ1n) is 8.61. The Bertz CT molecular complexity index is 1070. The van der Waals surface area contributed by atoms with Crippen molar-refractivity contribution in [2.75, 3.05) is 13.1 Å². The van der Waals surface area contributed by atoms with Gasteiger partial charge in [-0.1, -0.05) is 38.1 Å². The SMILES string of the molecule is CC(C)c1nc2ccccc2n1C1CN(S(=O)(=O)c2ccccc2F)C1. The highest BCUT2D eigenvalue weighted by Gasteiger charge is 2.40. The first-order chi connectivity index (χ1) is 12.4. The van der Waals surface area contributed by atoms with Crippen molar-refractivity contribution in [2.24, 2.45) is 0 Å². The van der Waals surface area contributed by atoms with Crippen molar-refractivity contribution in [1.29, 1.82) is 0 Å². The molecule has 2 heterocycles. The quantitative estimate of drug-likeness (QED) is 0.703.